The van der Waals surface area contributed by atoms with E-state index in [1.54, 1.807) is 24.9 Å². The molecule has 4 heterocycles. The average molecular weight is 389 g/mol. The molecule has 1 amide bonds. The van der Waals surface area contributed by atoms with E-state index in [4.69, 9.17) is 8.83 Å². The minimum absolute atomic E-state index is 0.0283. The topological polar surface area (TPSA) is 98.2 Å². The number of likely N-dealkylation sites (tertiary alicyclic amines) is 1. The number of carbonyl (C=O) groups is 1. The van der Waals surface area contributed by atoms with E-state index in [2.05, 4.69) is 20.2 Å². The molecule has 0 unspecified atom stereocenters. The van der Waals surface area contributed by atoms with Crippen LogP contribution in [0.2, 0.25) is 0 Å². The zero-order valence-electron chi connectivity index (χ0n) is 15.9. The maximum absolute atomic E-state index is 12.8. The number of rotatable bonds is 4. The van der Waals surface area contributed by atoms with Crippen molar-refractivity contribution in [3.8, 4) is 11.6 Å². The Kier molecular flexibility index (Phi) is 4.31. The van der Waals surface area contributed by atoms with Gasteiger partial charge < -0.3 is 13.7 Å². The molecule has 1 saturated heterocycles. The van der Waals surface area contributed by atoms with Crippen LogP contribution < -0.4 is 0 Å². The van der Waals surface area contributed by atoms with Crippen molar-refractivity contribution in [2.24, 2.45) is 0 Å². The average Bonchev–Trinajstić information content (AvgIpc) is 3.48. The number of furan rings is 1. The van der Waals surface area contributed by atoms with Gasteiger partial charge in [0, 0.05) is 36.4 Å². The Morgan fingerprint density at radius 1 is 1.28 bits per heavy atom. The fourth-order valence-electron chi connectivity index (χ4n) is 3.70. The van der Waals surface area contributed by atoms with Gasteiger partial charge in [0.15, 0.2) is 0 Å². The molecular formula is C21H19N5O3. The van der Waals surface area contributed by atoms with Crippen LogP contribution in [0.1, 0.15) is 29.4 Å². The summed E-state index contributed by atoms with van der Waals surface area (Å²) in [5, 5.41) is 9.21. The molecule has 0 radical (unpaired) electrons. The van der Waals surface area contributed by atoms with Gasteiger partial charge in [0.25, 0.3) is 5.89 Å². The monoisotopic (exact) mass is 389 g/mol. The van der Waals surface area contributed by atoms with Crippen LogP contribution in [-0.2, 0) is 11.2 Å². The highest BCUT2D eigenvalue weighted by molar-refractivity contribution is 5.88. The molecule has 1 fully saturated rings. The first-order valence-electron chi connectivity index (χ1n) is 9.51. The summed E-state index contributed by atoms with van der Waals surface area (Å²) < 4.78 is 11.4. The Hall–Kier alpha value is -3.55. The molecule has 0 spiro atoms. The Morgan fingerprint density at radius 3 is 3.07 bits per heavy atom. The summed E-state index contributed by atoms with van der Waals surface area (Å²) >= 11 is 0. The maximum atomic E-state index is 12.8. The second kappa shape index (κ2) is 7.12. The number of hydrogen-bond acceptors (Lipinski definition) is 7. The summed E-state index contributed by atoms with van der Waals surface area (Å²) in [6.07, 6.45) is 7.54. The summed E-state index contributed by atoms with van der Waals surface area (Å²) in [5.74, 6) is 0.980. The molecule has 0 aliphatic carbocycles. The maximum Gasteiger partial charge on any atom is 0.267 e. The molecule has 1 aliphatic rings. The molecular weight excluding hydrogens is 370 g/mol. The van der Waals surface area contributed by atoms with E-state index in [9.17, 15) is 4.79 Å². The molecule has 8 heteroatoms. The number of fused-ring (bicyclic) bond motifs is 1. The van der Waals surface area contributed by atoms with Crippen molar-refractivity contribution in [3.63, 3.8) is 0 Å². The number of nitrogens with zero attached hydrogens (tertiary/aromatic N) is 5. The predicted molar refractivity (Wildman–Crippen MR) is 104 cm³/mol. The summed E-state index contributed by atoms with van der Waals surface area (Å²) in [5.41, 5.74) is 3.40. The number of aryl methyl sites for hydroxylation is 1. The van der Waals surface area contributed by atoms with Crippen LogP contribution in [0.3, 0.4) is 0 Å². The lowest BCUT2D eigenvalue weighted by molar-refractivity contribution is -0.129. The van der Waals surface area contributed by atoms with Crippen LogP contribution in [0.15, 0.2) is 51.9 Å². The van der Waals surface area contributed by atoms with Crippen molar-refractivity contribution in [3.05, 3.63) is 60.1 Å². The van der Waals surface area contributed by atoms with Gasteiger partial charge in [-0.25, -0.2) is 4.98 Å². The minimum Gasteiger partial charge on any atom is -0.464 e. The van der Waals surface area contributed by atoms with Crippen LogP contribution in [0.4, 0.5) is 0 Å². The lowest BCUT2D eigenvalue weighted by Gasteiger charge is -2.15. The van der Waals surface area contributed by atoms with Crippen LogP contribution in [-0.4, -0.2) is 44.1 Å². The minimum atomic E-state index is 0.0283. The number of hydrogen-bond donors (Lipinski definition) is 0. The van der Waals surface area contributed by atoms with Gasteiger partial charge in [-0.15, -0.1) is 10.2 Å². The number of benzene rings is 1. The molecule has 146 valence electrons. The summed E-state index contributed by atoms with van der Waals surface area (Å²) in [4.78, 5) is 22.9. The number of carbonyl (C=O) groups excluding carboxylic acids is 1. The predicted octanol–water partition coefficient (Wildman–Crippen LogP) is 3.14. The molecule has 29 heavy (non-hydrogen) atoms. The Bertz CT molecular complexity index is 1170. The molecule has 4 aromatic rings. The summed E-state index contributed by atoms with van der Waals surface area (Å²) in [6.45, 7) is 3.25. The Balaban J connectivity index is 1.27. The van der Waals surface area contributed by atoms with Crippen LogP contribution in [0.5, 0.6) is 0 Å². The normalized spacial score (nSPS) is 16.6. The van der Waals surface area contributed by atoms with Gasteiger partial charge >= 0.3 is 0 Å². The number of aromatic nitrogens is 4. The van der Waals surface area contributed by atoms with Crippen LogP contribution in [0, 0.1) is 6.92 Å². The molecule has 0 bridgehead atoms. The second-order valence-corrected chi connectivity index (χ2v) is 7.30. The van der Waals surface area contributed by atoms with Crippen molar-refractivity contribution < 1.29 is 13.6 Å². The largest absolute Gasteiger partial charge is 0.464 e. The van der Waals surface area contributed by atoms with Gasteiger partial charge in [0.05, 0.1) is 24.8 Å². The van der Waals surface area contributed by atoms with E-state index < -0.39 is 0 Å². The molecule has 1 aliphatic heterocycles. The third-order valence-corrected chi connectivity index (χ3v) is 5.27. The molecule has 1 atom stereocenters. The van der Waals surface area contributed by atoms with Gasteiger partial charge in [0.2, 0.25) is 11.8 Å². The van der Waals surface area contributed by atoms with Crippen LogP contribution in [0.25, 0.3) is 22.6 Å². The molecule has 3 aromatic heterocycles. The smallest absolute Gasteiger partial charge is 0.267 e. The van der Waals surface area contributed by atoms with E-state index >= 15 is 0 Å². The van der Waals surface area contributed by atoms with Gasteiger partial charge in [-0.1, -0.05) is 12.1 Å². The Labute approximate surface area is 166 Å². The van der Waals surface area contributed by atoms with Crippen molar-refractivity contribution in [1.29, 1.82) is 0 Å². The Morgan fingerprint density at radius 2 is 2.21 bits per heavy atom. The zero-order chi connectivity index (χ0) is 19.8. The van der Waals surface area contributed by atoms with E-state index in [1.165, 1.54) is 0 Å². The van der Waals surface area contributed by atoms with Crippen molar-refractivity contribution in [1.82, 2.24) is 25.1 Å². The third kappa shape index (κ3) is 3.37. The van der Waals surface area contributed by atoms with Gasteiger partial charge in [-0.05, 0) is 25.0 Å². The first kappa shape index (κ1) is 17.5. The van der Waals surface area contributed by atoms with E-state index in [1.807, 2.05) is 30.0 Å². The lowest BCUT2D eigenvalue weighted by atomic mass is 10.1. The molecule has 0 N–H and O–H groups in total. The number of amides is 1. The van der Waals surface area contributed by atoms with E-state index in [0.29, 0.717) is 37.0 Å². The second-order valence-electron chi connectivity index (χ2n) is 7.30. The van der Waals surface area contributed by atoms with Crippen molar-refractivity contribution >= 4 is 16.9 Å². The standard InChI is InChI=1S/C21H19N5O3/c1-13-2-3-16-15(12-28-18(16)8-13)9-19(27)26-7-4-14(11-26)20-24-25-21(29-20)17-10-22-5-6-23-17/h2-3,5-6,8,10,12,14H,4,7,9,11H2,1H3/t14-/m0/s1. The first-order chi connectivity index (χ1) is 14.2. The lowest BCUT2D eigenvalue weighted by Crippen LogP contribution is -2.29. The van der Waals surface area contributed by atoms with Gasteiger partial charge in [0.1, 0.15) is 11.3 Å². The van der Waals surface area contributed by atoms with Gasteiger partial charge in [-0.3, -0.25) is 9.78 Å². The summed E-state index contributed by atoms with van der Waals surface area (Å²) in [7, 11) is 0. The van der Waals surface area contributed by atoms with Crippen molar-refractivity contribution in [2.75, 3.05) is 13.1 Å². The fourth-order valence-corrected chi connectivity index (χ4v) is 3.70. The highest BCUT2D eigenvalue weighted by Crippen LogP contribution is 2.29. The van der Waals surface area contributed by atoms with Crippen LogP contribution >= 0.6 is 0 Å². The first-order valence-corrected chi connectivity index (χ1v) is 9.51. The highest BCUT2D eigenvalue weighted by Gasteiger charge is 2.31. The highest BCUT2D eigenvalue weighted by atomic mass is 16.4. The van der Waals surface area contributed by atoms with Gasteiger partial charge in [-0.2, -0.15) is 0 Å². The van der Waals surface area contributed by atoms with E-state index in [-0.39, 0.29) is 11.8 Å². The summed E-state index contributed by atoms with van der Waals surface area (Å²) in [6, 6.07) is 6.03. The molecule has 5 rings (SSSR count). The fraction of sp³-hybridized carbons (Fsp3) is 0.286. The molecule has 0 saturated carbocycles. The third-order valence-electron chi connectivity index (χ3n) is 5.27. The quantitative estimate of drug-likeness (QED) is 0.529. The zero-order valence-corrected chi connectivity index (χ0v) is 15.9. The van der Waals surface area contributed by atoms with E-state index in [0.717, 1.165) is 28.5 Å². The molecule has 8 nitrogen and oxygen atoms in total. The molecule has 1 aromatic carbocycles. The van der Waals surface area contributed by atoms with Crippen molar-refractivity contribution in [2.45, 2.75) is 25.7 Å². The SMILES string of the molecule is Cc1ccc2c(CC(=O)N3CC[C@H](c4nnc(-c5cnccn5)o4)C3)coc2c1.